The van der Waals surface area contributed by atoms with E-state index < -0.39 is 0 Å². The van der Waals surface area contributed by atoms with Crippen molar-refractivity contribution in [2.75, 3.05) is 13.2 Å². The maximum atomic E-state index is 5.63. The van der Waals surface area contributed by atoms with Gasteiger partial charge in [0.2, 0.25) is 0 Å². The summed E-state index contributed by atoms with van der Waals surface area (Å²) < 4.78 is 5.63. The summed E-state index contributed by atoms with van der Waals surface area (Å²) >= 11 is 0. The lowest BCUT2D eigenvalue weighted by Gasteiger charge is -2.06. The van der Waals surface area contributed by atoms with Crippen molar-refractivity contribution in [1.29, 1.82) is 0 Å². The second-order valence-corrected chi connectivity index (χ2v) is 4.55. The van der Waals surface area contributed by atoms with E-state index >= 15 is 0 Å². The van der Waals surface area contributed by atoms with Crippen molar-refractivity contribution in [1.82, 2.24) is 5.32 Å². The molecule has 2 rings (SSSR count). The average Bonchev–Trinajstić information content (AvgIpc) is 2.48. The molecule has 0 aliphatic carbocycles. The quantitative estimate of drug-likeness (QED) is 0.730. The predicted molar refractivity (Wildman–Crippen MR) is 78.9 cm³/mol. The largest absolute Gasteiger partial charge is 0.377 e. The molecule has 0 spiro atoms. The van der Waals surface area contributed by atoms with Crippen molar-refractivity contribution in [3.05, 3.63) is 71.8 Å². The van der Waals surface area contributed by atoms with Crippen LogP contribution in [0.15, 0.2) is 60.7 Å². The number of benzene rings is 2. The summed E-state index contributed by atoms with van der Waals surface area (Å²) in [7, 11) is 0. The van der Waals surface area contributed by atoms with Crippen molar-refractivity contribution in [3.8, 4) is 0 Å². The molecule has 2 nitrogen and oxygen atoms in total. The molecule has 100 valence electrons. The maximum Gasteiger partial charge on any atom is 0.0716 e. The molecule has 0 aliphatic rings. The maximum absolute atomic E-state index is 5.63. The SMILES string of the molecule is c1ccc(CNCCCOCc2ccccc2)cc1. The highest BCUT2D eigenvalue weighted by atomic mass is 16.5. The Hall–Kier alpha value is -1.64. The van der Waals surface area contributed by atoms with Crippen LogP contribution in [0.3, 0.4) is 0 Å². The molecule has 2 heteroatoms. The van der Waals surface area contributed by atoms with E-state index in [-0.39, 0.29) is 0 Å². The van der Waals surface area contributed by atoms with E-state index in [1.54, 1.807) is 0 Å². The molecular weight excluding hydrogens is 234 g/mol. The van der Waals surface area contributed by atoms with E-state index in [0.29, 0.717) is 6.61 Å². The lowest BCUT2D eigenvalue weighted by Crippen LogP contribution is -2.16. The Morgan fingerprint density at radius 2 is 1.42 bits per heavy atom. The van der Waals surface area contributed by atoms with Crippen LogP contribution in [-0.4, -0.2) is 13.2 Å². The zero-order chi connectivity index (χ0) is 13.2. The van der Waals surface area contributed by atoms with Gasteiger partial charge in [0.1, 0.15) is 0 Å². The molecular formula is C17H21NO. The van der Waals surface area contributed by atoms with Gasteiger partial charge in [-0.2, -0.15) is 0 Å². The van der Waals surface area contributed by atoms with E-state index in [4.69, 9.17) is 4.74 Å². The molecule has 19 heavy (non-hydrogen) atoms. The number of nitrogens with one attached hydrogen (secondary N) is 1. The molecule has 0 bridgehead atoms. The molecule has 0 heterocycles. The van der Waals surface area contributed by atoms with Crippen molar-refractivity contribution < 1.29 is 4.74 Å². The van der Waals surface area contributed by atoms with Crippen LogP contribution in [0.4, 0.5) is 0 Å². The van der Waals surface area contributed by atoms with Crippen LogP contribution >= 0.6 is 0 Å². The van der Waals surface area contributed by atoms with E-state index in [1.807, 2.05) is 24.3 Å². The highest BCUT2D eigenvalue weighted by Crippen LogP contribution is 2.01. The second-order valence-electron chi connectivity index (χ2n) is 4.55. The van der Waals surface area contributed by atoms with E-state index in [2.05, 4.69) is 41.7 Å². The zero-order valence-electron chi connectivity index (χ0n) is 11.2. The van der Waals surface area contributed by atoms with Crippen LogP contribution in [0.1, 0.15) is 17.5 Å². The lowest BCUT2D eigenvalue weighted by atomic mass is 10.2. The van der Waals surface area contributed by atoms with Crippen LogP contribution in [0, 0.1) is 0 Å². The van der Waals surface area contributed by atoms with Gasteiger partial charge < -0.3 is 10.1 Å². The number of hydrogen-bond acceptors (Lipinski definition) is 2. The lowest BCUT2D eigenvalue weighted by molar-refractivity contribution is 0.118. The van der Waals surface area contributed by atoms with Crippen molar-refractivity contribution in [3.63, 3.8) is 0 Å². The first-order chi connectivity index (χ1) is 9.45. The third-order valence-electron chi connectivity index (χ3n) is 2.93. The Bertz CT molecular complexity index is 398. The van der Waals surface area contributed by atoms with Crippen LogP contribution in [-0.2, 0) is 17.9 Å². The van der Waals surface area contributed by atoms with E-state index in [9.17, 15) is 0 Å². The third kappa shape index (κ3) is 5.69. The molecule has 0 amide bonds. The monoisotopic (exact) mass is 255 g/mol. The molecule has 0 atom stereocenters. The molecule has 0 saturated carbocycles. The standard InChI is InChI=1S/C17H21NO/c1-3-8-16(9-4-1)14-18-12-7-13-19-15-17-10-5-2-6-11-17/h1-6,8-11,18H,7,12-15H2. The van der Waals surface area contributed by atoms with Crippen molar-refractivity contribution >= 4 is 0 Å². The first-order valence-electron chi connectivity index (χ1n) is 6.81. The molecule has 0 radical (unpaired) electrons. The Kier molecular flexibility index (Phi) is 6.14. The molecule has 2 aromatic rings. The first-order valence-corrected chi connectivity index (χ1v) is 6.81. The van der Waals surface area contributed by atoms with Gasteiger partial charge in [-0.15, -0.1) is 0 Å². The fraction of sp³-hybridized carbons (Fsp3) is 0.294. The highest BCUT2D eigenvalue weighted by Gasteiger charge is 1.93. The summed E-state index contributed by atoms with van der Waals surface area (Å²) in [6.45, 7) is 3.43. The molecule has 1 N–H and O–H groups in total. The van der Waals surface area contributed by atoms with E-state index in [1.165, 1.54) is 11.1 Å². The average molecular weight is 255 g/mol. The topological polar surface area (TPSA) is 21.3 Å². The van der Waals surface area contributed by atoms with Gasteiger partial charge in [0.25, 0.3) is 0 Å². The van der Waals surface area contributed by atoms with Gasteiger partial charge in [-0.05, 0) is 24.1 Å². The minimum absolute atomic E-state index is 0.708. The number of ether oxygens (including phenoxy) is 1. The Balaban J connectivity index is 1.49. The summed E-state index contributed by atoms with van der Waals surface area (Å²) in [6, 6.07) is 20.7. The van der Waals surface area contributed by atoms with Crippen molar-refractivity contribution in [2.45, 2.75) is 19.6 Å². The Morgan fingerprint density at radius 3 is 2.11 bits per heavy atom. The van der Waals surface area contributed by atoms with Crippen LogP contribution < -0.4 is 5.32 Å². The fourth-order valence-electron chi connectivity index (χ4n) is 1.89. The summed E-state index contributed by atoms with van der Waals surface area (Å²) in [5.41, 5.74) is 2.56. The van der Waals surface area contributed by atoms with E-state index in [0.717, 1.165) is 26.1 Å². The van der Waals surface area contributed by atoms with Crippen LogP contribution in [0.25, 0.3) is 0 Å². The van der Waals surface area contributed by atoms with Gasteiger partial charge in [0.15, 0.2) is 0 Å². The molecule has 0 aromatic heterocycles. The molecule has 2 aromatic carbocycles. The molecule has 0 aliphatic heterocycles. The summed E-state index contributed by atoms with van der Waals surface area (Å²) in [4.78, 5) is 0. The smallest absolute Gasteiger partial charge is 0.0716 e. The Labute approximate surface area is 115 Å². The van der Waals surface area contributed by atoms with Crippen LogP contribution in [0.2, 0.25) is 0 Å². The van der Waals surface area contributed by atoms with Gasteiger partial charge >= 0.3 is 0 Å². The zero-order valence-corrected chi connectivity index (χ0v) is 11.2. The summed E-state index contributed by atoms with van der Waals surface area (Å²) in [5, 5.41) is 3.42. The molecule has 0 saturated heterocycles. The van der Waals surface area contributed by atoms with Gasteiger partial charge in [0.05, 0.1) is 6.61 Å². The predicted octanol–water partition coefficient (Wildman–Crippen LogP) is 3.38. The minimum atomic E-state index is 0.708. The Morgan fingerprint density at radius 1 is 0.789 bits per heavy atom. The normalized spacial score (nSPS) is 10.5. The minimum Gasteiger partial charge on any atom is -0.377 e. The van der Waals surface area contributed by atoms with Gasteiger partial charge in [-0.25, -0.2) is 0 Å². The molecule has 0 fully saturated rings. The summed E-state index contributed by atoms with van der Waals surface area (Å²) in [5.74, 6) is 0. The van der Waals surface area contributed by atoms with Gasteiger partial charge in [0, 0.05) is 13.2 Å². The summed E-state index contributed by atoms with van der Waals surface area (Å²) in [6.07, 6.45) is 1.04. The first kappa shape index (κ1) is 13.8. The van der Waals surface area contributed by atoms with Crippen LogP contribution in [0.5, 0.6) is 0 Å². The van der Waals surface area contributed by atoms with Gasteiger partial charge in [-0.3, -0.25) is 0 Å². The number of hydrogen-bond donors (Lipinski definition) is 1. The number of rotatable bonds is 8. The highest BCUT2D eigenvalue weighted by molar-refractivity contribution is 5.14. The van der Waals surface area contributed by atoms with Gasteiger partial charge in [-0.1, -0.05) is 60.7 Å². The molecule has 0 unspecified atom stereocenters. The van der Waals surface area contributed by atoms with Crippen molar-refractivity contribution in [2.24, 2.45) is 0 Å². The fourth-order valence-corrected chi connectivity index (χ4v) is 1.89. The third-order valence-corrected chi connectivity index (χ3v) is 2.93. The second kappa shape index (κ2) is 8.46.